The SMILES string of the molecule is CO/N=C1/CC(C)(C)Cc2nc(NC(=O)c3ccc(Cl)cc3)sc21. The number of rotatable bonds is 3. The second-order valence-electron chi connectivity index (χ2n) is 6.49. The zero-order chi connectivity index (χ0) is 17.3. The average Bonchev–Trinajstić information content (AvgIpc) is 2.89. The van der Waals surface area contributed by atoms with Crippen molar-refractivity contribution >= 4 is 39.7 Å². The first-order valence-electron chi connectivity index (χ1n) is 7.55. The second kappa shape index (κ2) is 6.53. The van der Waals surface area contributed by atoms with Crippen molar-refractivity contribution in [1.82, 2.24) is 4.98 Å². The van der Waals surface area contributed by atoms with Crippen LogP contribution in [0.15, 0.2) is 29.4 Å². The van der Waals surface area contributed by atoms with Crippen molar-refractivity contribution in [3.8, 4) is 0 Å². The molecule has 0 fully saturated rings. The molecule has 1 aromatic heterocycles. The molecule has 7 heteroatoms. The quantitative estimate of drug-likeness (QED) is 0.823. The molecule has 0 spiro atoms. The van der Waals surface area contributed by atoms with Gasteiger partial charge in [0.1, 0.15) is 7.11 Å². The molecule has 0 unspecified atom stereocenters. The highest BCUT2D eigenvalue weighted by molar-refractivity contribution is 7.18. The Kier molecular flexibility index (Phi) is 4.60. The summed E-state index contributed by atoms with van der Waals surface area (Å²) in [5.74, 6) is -0.206. The Morgan fingerprint density at radius 2 is 2.04 bits per heavy atom. The largest absolute Gasteiger partial charge is 0.399 e. The van der Waals surface area contributed by atoms with Crippen LogP contribution < -0.4 is 5.32 Å². The van der Waals surface area contributed by atoms with Crippen molar-refractivity contribution in [3.63, 3.8) is 0 Å². The van der Waals surface area contributed by atoms with Gasteiger partial charge in [-0.05, 0) is 42.5 Å². The summed E-state index contributed by atoms with van der Waals surface area (Å²) in [5.41, 5.74) is 2.45. The van der Waals surface area contributed by atoms with Gasteiger partial charge in [0.05, 0.1) is 16.3 Å². The molecule has 5 nitrogen and oxygen atoms in total. The number of carbonyl (C=O) groups is 1. The van der Waals surface area contributed by atoms with E-state index >= 15 is 0 Å². The maximum absolute atomic E-state index is 12.3. The maximum Gasteiger partial charge on any atom is 0.257 e. The fourth-order valence-corrected chi connectivity index (χ4v) is 3.84. The maximum atomic E-state index is 12.3. The molecule has 0 aliphatic heterocycles. The van der Waals surface area contributed by atoms with Crippen LogP contribution in [0.2, 0.25) is 5.02 Å². The summed E-state index contributed by atoms with van der Waals surface area (Å²) in [6, 6.07) is 6.75. The first-order valence-corrected chi connectivity index (χ1v) is 8.74. The van der Waals surface area contributed by atoms with Gasteiger partial charge in [-0.3, -0.25) is 10.1 Å². The smallest absolute Gasteiger partial charge is 0.257 e. The van der Waals surface area contributed by atoms with Crippen LogP contribution in [-0.4, -0.2) is 23.7 Å². The first kappa shape index (κ1) is 16.9. The van der Waals surface area contributed by atoms with Gasteiger partial charge in [0.25, 0.3) is 5.91 Å². The molecule has 1 aromatic carbocycles. The van der Waals surface area contributed by atoms with Crippen molar-refractivity contribution in [2.24, 2.45) is 10.6 Å². The monoisotopic (exact) mass is 363 g/mol. The van der Waals surface area contributed by atoms with Crippen molar-refractivity contribution in [2.75, 3.05) is 12.4 Å². The Hall–Kier alpha value is -1.92. The summed E-state index contributed by atoms with van der Waals surface area (Å²) in [6.07, 6.45) is 1.67. The number of aromatic nitrogens is 1. The summed E-state index contributed by atoms with van der Waals surface area (Å²) < 4.78 is 0. The fraction of sp³-hybridized carbons (Fsp3) is 0.353. The Labute approximate surface area is 149 Å². The summed E-state index contributed by atoms with van der Waals surface area (Å²) in [4.78, 5) is 22.9. The number of oxime groups is 1. The predicted octanol–water partition coefficient (Wildman–Crippen LogP) is 4.37. The summed E-state index contributed by atoms with van der Waals surface area (Å²) in [6.45, 7) is 4.35. The van der Waals surface area contributed by atoms with Gasteiger partial charge in [-0.2, -0.15) is 0 Å². The third kappa shape index (κ3) is 3.60. The molecule has 0 saturated carbocycles. The highest BCUT2D eigenvalue weighted by atomic mass is 35.5. The number of benzene rings is 1. The topological polar surface area (TPSA) is 63.6 Å². The van der Waals surface area contributed by atoms with Crippen LogP contribution in [0.4, 0.5) is 5.13 Å². The summed E-state index contributed by atoms with van der Waals surface area (Å²) in [5, 5.41) is 8.16. The van der Waals surface area contributed by atoms with Crippen LogP contribution >= 0.6 is 22.9 Å². The molecule has 1 aliphatic rings. The lowest BCUT2D eigenvalue weighted by Crippen LogP contribution is -2.26. The third-order valence-corrected chi connectivity index (χ3v) is 5.09. The third-order valence-electron chi connectivity index (χ3n) is 3.78. The van der Waals surface area contributed by atoms with E-state index in [2.05, 4.69) is 29.3 Å². The molecular weight excluding hydrogens is 346 g/mol. The van der Waals surface area contributed by atoms with Crippen molar-refractivity contribution in [2.45, 2.75) is 26.7 Å². The molecule has 1 amide bonds. The van der Waals surface area contributed by atoms with Crippen molar-refractivity contribution in [3.05, 3.63) is 45.4 Å². The molecule has 0 radical (unpaired) electrons. The molecule has 1 N–H and O–H groups in total. The Bertz CT molecular complexity index is 797. The number of hydrogen-bond acceptors (Lipinski definition) is 5. The number of carbonyl (C=O) groups excluding carboxylic acids is 1. The van der Waals surface area contributed by atoms with E-state index in [9.17, 15) is 4.79 Å². The number of halogens is 1. The van der Waals surface area contributed by atoms with Gasteiger partial charge in [-0.25, -0.2) is 4.98 Å². The van der Waals surface area contributed by atoms with E-state index in [1.807, 2.05) is 0 Å². The van der Waals surface area contributed by atoms with Crippen LogP contribution in [0.5, 0.6) is 0 Å². The van der Waals surface area contributed by atoms with Gasteiger partial charge < -0.3 is 4.84 Å². The molecule has 0 saturated heterocycles. The lowest BCUT2D eigenvalue weighted by molar-refractivity contribution is 0.102. The average molecular weight is 364 g/mol. The van der Waals surface area contributed by atoms with Gasteiger partial charge in [-0.1, -0.05) is 41.9 Å². The van der Waals surface area contributed by atoms with Crippen LogP contribution in [0, 0.1) is 5.41 Å². The second-order valence-corrected chi connectivity index (χ2v) is 7.93. The zero-order valence-corrected chi connectivity index (χ0v) is 15.3. The lowest BCUT2D eigenvalue weighted by atomic mass is 9.78. The minimum absolute atomic E-state index is 0.0654. The molecule has 126 valence electrons. The molecule has 0 bridgehead atoms. The molecular formula is C17H18ClN3O2S. The molecule has 0 atom stereocenters. The standard InChI is InChI=1S/C17H18ClN3O2S/c1-17(2)8-12-14(13(9-17)21-23-3)24-16(19-12)20-15(22)10-4-6-11(18)7-5-10/h4-7H,8-9H2,1-3H3,(H,19,20,22)/b21-13-. The van der Waals surface area contributed by atoms with Gasteiger partial charge in [0.15, 0.2) is 5.13 Å². The Morgan fingerprint density at radius 1 is 1.33 bits per heavy atom. The number of nitrogens with one attached hydrogen (secondary N) is 1. The molecule has 2 aromatic rings. The van der Waals surface area contributed by atoms with Gasteiger partial charge in [-0.15, -0.1) is 0 Å². The highest BCUT2D eigenvalue weighted by Gasteiger charge is 2.33. The minimum atomic E-state index is -0.206. The normalized spacial score (nSPS) is 17.4. The number of nitrogens with zero attached hydrogens (tertiary/aromatic N) is 2. The molecule has 1 heterocycles. The molecule has 3 rings (SSSR count). The van der Waals surface area contributed by atoms with Crippen LogP contribution in [0.25, 0.3) is 0 Å². The number of anilines is 1. The predicted molar refractivity (Wildman–Crippen MR) is 97.2 cm³/mol. The lowest BCUT2D eigenvalue weighted by Gasteiger charge is -2.28. The number of hydrogen-bond donors (Lipinski definition) is 1. The van der Waals surface area contributed by atoms with Crippen molar-refractivity contribution < 1.29 is 9.63 Å². The van der Waals surface area contributed by atoms with E-state index in [0.717, 1.165) is 29.1 Å². The highest BCUT2D eigenvalue weighted by Crippen LogP contribution is 2.39. The summed E-state index contributed by atoms with van der Waals surface area (Å²) in [7, 11) is 1.54. The fourth-order valence-electron chi connectivity index (χ4n) is 2.75. The summed E-state index contributed by atoms with van der Waals surface area (Å²) >= 11 is 7.28. The van der Waals surface area contributed by atoms with Gasteiger partial charge in [0, 0.05) is 10.6 Å². The van der Waals surface area contributed by atoms with E-state index in [-0.39, 0.29) is 11.3 Å². The molecule has 1 aliphatic carbocycles. The van der Waals surface area contributed by atoms with Crippen LogP contribution in [0.3, 0.4) is 0 Å². The first-order chi connectivity index (χ1) is 11.4. The van der Waals surface area contributed by atoms with Gasteiger partial charge >= 0.3 is 0 Å². The Balaban J connectivity index is 1.85. The van der Waals surface area contributed by atoms with E-state index in [0.29, 0.717) is 15.7 Å². The van der Waals surface area contributed by atoms with Crippen molar-refractivity contribution in [1.29, 1.82) is 0 Å². The van der Waals surface area contributed by atoms with E-state index in [1.54, 1.807) is 31.4 Å². The van der Waals surface area contributed by atoms with Crippen LogP contribution in [-0.2, 0) is 11.3 Å². The van der Waals surface area contributed by atoms with E-state index < -0.39 is 0 Å². The van der Waals surface area contributed by atoms with E-state index in [4.69, 9.17) is 16.4 Å². The minimum Gasteiger partial charge on any atom is -0.399 e. The zero-order valence-electron chi connectivity index (χ0n) is 13.7. The number of amides is 1. The van der Waals surface area contributed by atoms with Crippen LogP contribution in [0.1, 0.15) is 41.2 Å². The number of fused-ring (bicyclic) bond motifs is 1. The Morgan fingerprint density at radius 3 is 2.71 bits per heavy atom. The van der Waals surface area contributed by atoms with Gasteiger partial charge in [0.2, 0.25) is 0 Å². The number of thiazole rings is 1. The van der Waals surface area contributed by atoms with E-state index in [1.165, 1.54) is 11.3 Å². The molecule has 24 heavy (non-hydrogen) atoms.